The summed E-state index contributed by atoms with van der Waals surface area (Å²) >= 11 is 0. The number of sulfonamides is 1. The molecule has 0 saturated heterocycles. The molecule has 11 heteroatoms. The van der Waals surface area contributed by atoms with E-state index in [0.717, 1.165) is 4.31 Å². The van der Waals surface area contributed by atoms with Gasteiger partial charge in [-0.2, -0.15) is 4.98 Å². The van der Waals surface area contributed by atoms with Gasteiger partial charge < -0.3 is 16.0 Å². The summed E-state index contributed by atoms with van der Waals surface area (Å²) in [4.78, 5) is 34.7. The van der Waals surface area contributed by atoms with E-state index in [2.05, 4.69) is 20.3 Å². The Balaban J connectivity index is 1.93. The number of aromatic amines is 2. The normalized spacial score (nSPS) is 11.8. The lowest BCUT2D eigenvalue weighted by molar-refractivity contribution is 0.0963. The van der Waals surface area contributed by atoms with Gasteiger partial charge in [-0.25, -0.2) is 12.7 Å². The van der Waals surface area contributed by atoms with E-state index in [1.807, 2.05) is 0 Å². The molecular formula is C22H22N6O4S. The van der Waals surface area contributed by atoms with Crippen molar-refractivity contribution in [2.75, 3.05) is 26.9 Å². The number of hydrogen-bond donors (Lipinski definition) is 4. The van der Waals surface area contributed by atoms with E-state index in [1.165, 1.54) is 26.2 Å². The van der Waals surface area contributed by atoms with Crippen LogP contribution in [0.4, 0.5) is 5.95 Å². The summed E-state index contributed by atoms with van der Waals surface area (Å²) in [5.41, 5.74) is 8.51. The molecule has 2 heterocycles. The van der Waals surface area contributed by atoms with Crippen LogP contribution in [0, 0.1) is 0 Å². The monoisotopic (exact) mass is 466 g/mol. The number of fused-ring (bicyclic) bond motifs is 1. The van der Waals surface area contributed by atoms with E-state index < -0.39 is 15.6 Å². The average molecular weight is 467 g/mol. The lowest BCUT2D eigenvalue weighted by Crippen LogP contribution is -2.22. The Labute approximate surface area is 189 Å². The number of nitrogens with one attached hydrogen (secondary N) is 3. The number of hydrogen-bond acceptors (Lipinski definition) is 6. The molecule has 4 aromatic rings. The van der Waals surface area contributed by atoms with E-state index in [1.54, 1.807) is 43.4 Å². The lowest BCUT2D eigenvalue weighted by atomic mass is 9.98. The topological polar surface area (TPSA) is 154 Å². The number of carbonyl (C=O) groups excluding carboxylic acids is 1. The maximum Gasteiger partial charge on any atom is 0.262 e. The van der Waals surface area contributed by atoms with Crippen LogP contribution in [0.2, 0.25) is 0 Å². The molecule has 33 heavy (non-hydrogen) atoms. The van der Waals surface area contributed by atoms with Gasteiger partial charge in [0, 0.05) is 32.3 Å². The second-order valence-electron chi connectivity index (χ2n) is 7.52. The second-order valence-corrected chi connectivity index (χ2v) is 9.67. The standard InChI is InChI=1S/C22H22N6O4S/c1-24-20(29)14-6-4-12(5-7-14)16-17-19(26-22(23)27-21(17)30)25-18(16)13-8-10-15(11-9-13)33(31,32)28(2)3/h4-11H,1-3H3,(H,24,29)(H4,23,25,26,27,30). The minimum absolute atomic E-state index is 0.0331. The van der Waals surface area contributed by atoms with Crippen molar-refractivity contribution in [3.8, 4) is 22.4 Å². The molecule has 0 aliphatic carbocycles. The van der Waals surface area contributed by atoms with Gasteiger partial charge >= 0.3 is 0 Å². The summed E-state index contributed by atoms with van der Waals surface area (Å²) in [7, 11) is 0.881. The van der Waals surface area contributed by atoms with Crippen molar-refractivity contribution in [1.82, 2.24) is 24.6 Å². The van der Waals surface area contributed by atoms with Crippen LogP contribution in [0.3, 0.4) is 0 Å². The minimum atomic E-state index is -3.59. The van der Waals surface area contributed by atoms with E-state index in [-0.39, 0.29) is 16.8 Å². The lowest BCUT2D eigenvalue weighted by Gasteiger charge is -2.12. The number of carbonyl (C=O) groups is 1. The molecule has 0 atom stereocenters. The van der Waals surface area contributed by atoms with Crippen molar-refractivity contribution in [3.05, 3.63) is 64.4 Å². The molecule has 2 aromatic carbocycles. The summed E-state index contributed by atoms with van der Waals surface area (Å²) in [5.74, 6) is -0.264. The van der Waals surface area contributed by atoms with E-state index in [0.29, 0.717) is 39.0 Å². The first-order chi connectivity index (χ1) is 15.6. The van der Waals surface area contributed by atoms with Crippen LogP contribution in [-0.4, -0.2) is 54.7 Å². The third-order valence-electron chi connectivity index (χ3n) is 5.27. The van der Waals surface area contributed by atoms with Crippen LogP contribution in [-0.2, 0) is 10.0 Å². The zero-order valence-corrected chi connectivity index (χ0v) is 18.9. The van der Waals surface area contributed by atoms with Gasteiger partial charge in [-0.3, -0.25) is 14.6 Å². The molecule has 0 bridgehead atoms. The SMILES string of the molecule is CNC(=O)c1ccc(-c2c(-c3ccc(S(=O)(=O)N(C)C)cc3)[nH]c3nc(N)[nH]c(=O)c23)cc1. The fraction of sp³-hybridized carbons (Fsp3) is 0.136. The van der Waals surface area contributed by atoms with Crippen molar-refractivity contribution < 1.29 is 13.2 Å². The van der Waals surface area contributed by atoms with E-state index in [4.69, 9.17) is 5.73 Å². The highest BCUT2D eigenvalue weighted by Gasteiger charge is 2.21. The summed E-state index contributed by atoms with van der Waals surface area (Å²) in [6.45, 7) is 0. The number of nitrogen functional groups attached to an aromatic ring is 1. The molecule has 0 radical (unpaired) electrons. The maximum atomic E-state index is 12.8. The Bertz CT molecular complexity index is 1520. The van der Waals surface area contributed by atoms with Gasteiger partial charge in [0.15, 0.2) is 0 Å². The molecule has 0 aliphatic rings. The predicted molar refractivity (Wildman–Crippen MR) is 126 cm³/mol. The molecule has 10 nitrogen and oxygen atoms in total. The molecule has 0 aliphatic heterocycles. The van der Waals surface area contributed by atoms with Crippen molar-refractivity contribution in [2.24, 2.45) is 0 Å². The van der Waals surface area contributed by atoms with Gasteiger partial charge in [-0.1, -0.05) is 24.3 Å². The highest BCUT2D eigenvalue weighted by molar-refractivity contribution is 7.89. The molecule has 1 amide bonds. The first-order valence-corrected chi connectivity index (χ1v) is 11.3. The number of aromatic nitrogens is 3. The van der Waals surface area contributed by atoms with Crippen LogP contribution in [0.1, 0.15) is 10.4 Å². The summed E-state index contributed by atoms with van der Waals surface area (Å²) in [5, 5.41) is 2.87. The van der Waals surface area contributed by atoms with Crippen molar-refractivity contribution >= 4 is 32.9 Å². The number of nitrogens with zero attached hydrogens (tertiary/aromatic N) is 2. The number of amides is 1. The van der Waals surface area contributed by atoms with E-state index >= 15 is 0 Å². The molecule has 170 valence electrons. The van der Waals surface area contributed by atoms with Crippen LogP contribution in [0.25, 0.3) is 33.4 Å². The first kappa shape index (κ1) is 22.2. The van der Waals surface area contributed by atoms with Gasteiger partial charge in [-0.05, 0) is 35.4 Å². The first-order valence-electron chi connectivity index (χ1n) is 9.90. The Morgan fingerprint density at radius 2 is 1.61 bits per heavy atom. The average Bonchev–Trinajstić information content (AvgIpc) is 3.18. The van der Waals surface area contributed by atoms with Crippen molar-refractivity contribution in [1.29, 1.82) is 0 Å². The third kappa shape index (κ3) is 3.88. The number of H-pyrrole nitrogens is 2. The van der Waals surface area contributed by atoms with Gasteiger partial charge in [0.1, 0.15) is 5.65 Å². The molecule has 0 spiro atoms. The zero-order chi connectivity index (χ0) is 23.9. The van der Waals surface area contributed by atoms with Crippen molar-refractivity contribution in [3.63, 3.8) is 0 Å². The minimum Gasteiger partial charge on any atom is -0.369 e. The maximum absolute atomic E-state index is 12.8. The molecule has 0 unspecified atom stereocenters. The number of rotatable bonds is 5. The van der Waals surface area contributed by atoms with Crippen LogP contribution < -0.4 is 16.6 Å². The van der Waals surface area contributed by atoms with Crippen LogP contribution in [0.5, 0.6) is 0 Å². The number of nitrogens with two attached hydrogens (primary N) is 1. The Hall–Kier alpha value is -3.96. The second kappa shape index (κ2) is 8.19. The largest absolute Gasteiger partial charge is 0.369 e. The molecular weight excluding hydrogens is 444 g/mol. The quantitative estimate of drug-likeness (QED) is 0.351. The smallest absolute Gasteiger partial charge is 0.262 e. The number of anilines is 1. The molecule has 4 rings (SSSR count). The molecule has 5 N–H and O–H groups in total. The van der Waals surface area contributed by atoms with Crippen LogP contribution >= 0.6 is 0 Å². The fourth-order valence-electron chi connectivity index (χ4n) is 3.56. The summed E-state index contributed by atoms with van der Waals surface area (Å²) < 4.78 is 26.0. The zero-order valence-electron chi connectivity index (χ0n) is 18.1. The fourth-order valence-corrected chi connectivity index (χ4v) is 4.46. The Morgan fingerprint density at radius 3 is 2.18 bits per heavy atom. The molecule has 0 saturated carbocycles. The highest BCUT2D eigenvalue weighted by atomic mass is 32.2. The third-order valence-corrected chi connectivity index (χ3v) is 7.09. The molecule has 0 fully saturated rings. The highest BCUT2D eigenvalue weighted by Crippen LogP contribution is 2.37. The Morgan fingerprint density at radius 1 is 1.00 bits per heavy atom. The predicted octanol–water partition coefficient (Wildman–Crippen LogP) is 1.78. The van der Waals surface area contributed by atoms with Gasteiger partial charge in [0.05, 0.1) is 16.0 Å². The van der Waals surface area contributed by atoms with Gasteiger partial charge in [-0.15, -0.1) is 0 Å². The van der Waals surface area contributed by atoms with Crippen molar-refractivity contribution in [2.45, 2.75) is 4.90 Å². The summed E-state index contributed by atoms with van der Waals surface area (Å²) in [6.07, 6.45) is 0. The van der Waals surface area contributed by atoms with Gasteiger partial charge in [0.2, 0.25) is 16.0 Å². The van der Waals surface area contributed by atoms with E-state index in [9.17, 15) is 18.0 Å². The summed E-state index contributed by atoms with van der Waals surface area (Å²) in [6, 6.07) is 13.1. The Kier molecular flexibility index (Phi) is 5.52. The number of benzene rings is 2. The van der Waals surface area contributed by atoms with Crippen LogP contribution in [0.15, 0.2) is 58.2 Å². The molecule has 2 aromatic heterocycles. The van der Waals surface area contributed by atoms with Gasteiger partial charge in [0.25, 0.3) is 11.5 Å².